The average Bonchev–Trinajstić information content (AvgIpc) is 2.79. The van der Waals surface area contributed by atoms with Crippen LogP contribution < -0.4 is 5.32 Å². The van der Waals surface area contributed by atoms with Gasteiger partial charge >= 0.3 is 12.0 Å². The number of carboxylic acid groups (broad SMARTS) is 1. The number of hydrogen-bond acceptors (Lipinski definition) is 2. The predicted octanol–water partition coefficient (Wildman–Crippen LogP) is 3.20. The molecule has 1 aromatic carbocycles. The van der Waals surface area contributed by atoms with Gasteiger partial charge in [0.25, 0.3) is 0 Å². The molecule has 114 valence electrons. The first-order valence-electron chi connectivity index (χ1n) is 6.22. The van der Waals surface area contributed by atoms with Crippen molar-refractivity contribution in [3.8, 4) is 0 Å². The molecule has 1 atom stereocenters. The molecule has 0 spiro atoms. The highest BCUT2D eigenvalue weighted by molar-refractivity contribution is 9.10. The highest BCUT2D eigenvalue weighted by atomic mass is 79.9. The first kappa shape index (κ1) is 15.7. The second-order valence-electron chi connectivity index (χ2n) is 5.01. The van der Waals surface area contributed by atoms with Gasteiger partial charge in [0.05, 0.1) is 10.2 Å². The van der Waals surface area contributed by atoms with E-state index in [2.05, 4.69) is 21.2 Å². The maximum absolute atomic E-state index is 13.6. The van der Waals surface area contributed by atoms with E-state index in [1.54, 1.807) is 0 Å². The number of carboxylic acids is 1. The fourth-order valence-corrected chi connectivity index (χ4v) is 2.66. The Morgan fingerprint density at radius 3 is 2.67 bits per heavy atom. The van der Waals surface area contributed by atoms with E-state index >= 15 is 0 Å². The van der Waals surface area contributed by atoms with E-state index in [1.807, 2.05) is 0 Å². The molecule has 0 radical (unpaired) electrons. The summed E-state index contributed by atoms with van der Waals surface area (Å²) in [6.07, 6.45) is 0.872. The Bertz CT molecular complexity index is 611. The first-order chi connectivity index (χ1) is 9.75. The molecule has 2 N–H and O–H groups in total. The average molecular weight is 363 g/mol. The highest BCUT2D eigenvalue weighted by Crippen LogP contribution is 2.31. The number of nitrogens with zero attached hydrogens (tertiary/aromatic N) is 1. The Morgan fingerprint density at radius 1 is 1.38 bits per heavy atom. The van der Waals surface area contributed by atoms with Crippen LogP contribution >= 0.6 is 15.9 Å². The third-order valence-corrected chi connectivity index (χ3v) is 4.21. The topological polar surface area (TPSA) is 69.6 Å². The molecule has 1 aliphatic heterocycles. The molecule has 1 unspecified atom stereocenters. The number of halogens is 3. The molecule has 1 fully saturated rings. The number of aliphatic carboxylic acids is 1. The van der Waals surface area contributed by atoms with Gasteiger partial charge in [0.15, 0.2) is 0 Å². The molecular weight excluding hydrogens is 350 g/mol. The van der Waals surface area contributed by atoms with Crippen molar-refractivity contribution in [1.82, 2.24) is 4.90 Å². The van der Waals surface area contributed by atoms with E-state index in [0.29, 0.717) is 18.9 Å². The SMILES string of the molecule is CC1(C(=O)O)CCCN1C(=O)Nc1cc(Br)c(F)cc1F. The fraction of sp³-hybridized carbons (Fsp3) is 0.385. The maximum Gasteiger partial charge on any atom is 0.329 e. The van der Waals surface area contributed by atoms with Gasteiger partial charge < -0.3 is 15.3 Å². The number of carbonyl (C=O) groups excluding carboxylic acids is 1. The lowest BCUT2D eigenvalue weighted by Crippen LogP contribution is -2.52. The van der Waals surface area contributed by atoms with Gasteiger partial charge in [-0.25, -0.2) is 18.4 Å². The van der Waals surface area contributed by atoms with Crippen LogP contribution in [0, 0.1) is 11.6 Å². The van der Waals surface area contributed by atoms with Crippen LogP contribution in [0.4, 0.5) is 19.3 Å². The van der Waals surface area contributed by atoms with Gasteiger partial charge in [-0.1, -0.05) is 0 Å². The monoisotopic (exact) mass is 362 g/mol. The van der Waals surface area contributed by atoms with Gasteiger partial charge in [0.1, 0.15) is 17.2 Å². The first-order valence-corrected chi connectivity index (χ1v) is 7.01. The quantitative estimate of drug-likeness (QED) is 0.793. The predicted molar refractivity (Wildman–Crippen MR) is 75.1 cm³/mol. The summed E-state index contributed by atoms with van der Waals surface area (Å²) in [5, 5.41) is 11.5. The minimum Gasteiger partial charge on any atom is -0.480 e. The third kappa shape index (κ3) is 2.85. The lowest BCUT2D eigenvalue weighted by Gasteiger charge is -2.31. The number of amides is 2. The molecule has 0 aromatic heterocycles. The summed E-state index contributed by atoms with van der Waals surface area (Å²) >= 11 is 2.90. The van der Waals surface area contributed by atoms with Crippen LogP contribution in [0.2, 0.25) is 0 Å². The van der Waals surface area contributed by atoms with Gasteiger partial charge in [-0.15, -0.1) is 0 Å². The van der Waals surface area contributed by atoms with Gasteiger partial charge in [0.2, 0.25) is 0 Å². The van der Waals surface area contributed by atoms with Gasteiger partial charge in [0, 0.05) is 12.6 Å². The van der Waals surface area contributed by atoms with Gasteiger partial charge in [-0.05, 0) is 41.8 Å². The number of anilines is 1. The minimum atomic E-state index is -1.32. The summed E-state index contributed by atoms with van der Waals surface area (Å²) in [5.74, 6) is -2.83. The molecular formula is C13H13BrF2N2O3. The second-order valence-corrected chi connectivity index (χ2v) is 5.86. The van der Waals surface area contributed by atoms with Crippen molar-refractivity contribution in [3.63, 3.8) is 0 Å². The second kappa shape index (κ2) is 5.59. The smallest absolute Gasteiger partial charge is 0.329 e. The minimum absolute atomic E-state index is 0.00150. The summed E-state index contributed by atoms with van der Waals surface area (Å²) in [5.41, 5.74) is -1.54. The van der Waals surface area contributed by atoms with E-state index in [4.69, 9.17) is 0 Å². The largest absolute Gasteiger partial charge is 0.480 e. The zero-order valence-corrected chi connectivity index (χ0v) is 12.7. The Kier molecular flexibility index (Phi) is 4.18. The molecule has 5 nitrogen and oxygen atoms in total. The van der Waals surface area contributed by atoms with Crippen LogP contribution in [-0.4, -0.2) is 34.1 Å². The Balaban J connectivity index is 2.22. The Hall–Kier alpha value is -1.70. The van der Waals surface area contributed by atoms with Gasteiger partial charge in [-0.3, -0.25) is 0 Å². The van der Waals surface area contributed by atoms with Crippen molar-refractivity contribution in [1.29, 1.82) is 0 Å². The number of nitrogens with one attached hydrogen (secondary N) is 1. The van der Waals surface area contributed by atoms with E-state index in [9.17, 15) is 23.5 Å². The van der Waals surface area contributed by atoms with Crippen molar-refractivity contribution in [3.05, 3.63) is 28.2 Å². The van der Waals surface area contributed by atoms with Crippen molar-refractivity contribution < 1.29 is 23.5 Å². The van der Waals surface area contributed by atoms with Crippen LogP contribution in [0.25, 0.3) is 0 Å². The van der Waals surface area contributed by atoms with E-state index in [1.165, 1.54) is 6.92 Å². The molecule has 2 rings (SSSR count). The summed E-state index contributed by atoms with van der Waals surface area (Å²) < 4.78 is 26.8. The Morgan fingerprint density at radius 2 is 2.05 bits per heavy atom. The lowest BCUT2D eigenvalue weighted by atomic mass is 10.00. The summed E-state index contributed by atoms with van der Waals surface area (Å²) in [6, 6.07) is 1.01. The standard InChI is InChI=1S/C13H13BrF2N2O3/c1-13(11(19)20)3-2-4-18(13)12(21)17-10-5-7(14)8(15)6-9(10)16/h5-6H,2-4H2,1H3,(H,17,21)(H,19,20). The number of benzene rings is 1. The molecule has 2 amide bonds. The zero-order valence-electron chi connectivity index (χ0n) is 11.1. The van der Waals surface area contributed by atoms with Crippen molar-refractivity contribution >= 4 is 33.6 Å². The molecule has 1 aliphatic rings. The van der Waals surface area contributed by atoms with Crippen LogP contribution in [0.3, 0.4) is 0 Å². The van der Waals surface area contributed by atoms with Crippen LogP contribution in [-0.2, 0) is 4.79 Å². The van der Waals surface area contributed by atoms with Crippen LogP contribution in [0.5, 0.6) is 0 Å². The molecule has 0 aliphatic carbocycles. The number of likely N-dealkylation sites (tertiary alicyclic amines) is 1. The molecule has 0 bridgehead atoms. The van der Waals surface area contributed by atoms with Crippen molar-refractivity contribution in [2.45, 2.75) is 25.3 Å². The lowest BCUT2D eigenvalue weighted by molar-refractivity contribution is -0.146. The molecule has 1 saturated heterocycles. The summed E-state index contributed by atoms with van der Waals surface area (Å²) in [6.45, 7) is 1.71. The number of carbonyl (C=O) groups is 2. The third-order valence-electron chi connectivity index (χ3n) is 3.60. The van der Waals surface area contributed by atoms with Crippen LogP contribution in [0.1, 0.15) is 19.8 Å². The van der Waals surface area contributed by atoms with E-state index in [-0.39, 0.29) is 16.7 Å². The van der Waals surface area contributed by atoms with Crippen LogP contribution in [0.15, 0.2) is 16.6 Å². The maximum atomic E-state index is 13.6. The molecule has 21 heavy (non-hydrogen) atoms. The molecule has 1 heterocycles. The summed E-state index contributed by atoms with van der Waals surface area (Å²) in [7, 11) is 0. The van der Waals surface area contributed by atoms with E-state index < -0.39 is 29.2 Å². The number of rotatable bonds is 2. The van der Waals surface area contributed by atoms with Crippen molar-refractivity contribution in [2.75, 3.05) is 11.9 Å². The molecule has 1 aromatic rings. The van der Waals surface area contributed by atoms with Crippen molar-refractivity contribution in [2.24, 2.45) is 0 Å². The summed E-state index contributed by atoms with van der Waals surface area (Å²) in [4.78, 5) is 24.6. The van der Waals surface area contributed by atoms with E-state index in [0.717, 1.165) is 11.0 Å². The number of urea groups is 1. The zero-order chi connectivity index (χ0) is 15.8. The number of hydrogen-bond donors (Lipinski definition) is 2. The Labute approximate surface area is 128 Å². The van der Waals surface area contributed by atoms with Gasteiger partial charge in [-0.2, -0.15) is 0 Å². The molecule has 8 heteroatoms. The fourth-order valence-electron chi connectivity index (χ4n) is 2.31. The highest BCUT2D eigenvalue weighted by Gasteiger charge is 2.46. The molecule has 0 saturated carbocycles. The normalized spacial score (nSPS) is 21.4.